The smallest absolute Gasteiger partial charge is 0.270 e. The molecule has 0 saturated heterocycles. The lowest BCUT2D eigenvalue weighted by Gasteiger charge is -2.14. The lowest BCUT2D eigenvalue weighted by molar-refractivity contribution is -0.384. The molecule has 4 rings (SSSR count). The Bertz CT molecular complexity index is 1260. The highest BCUT2D eigenvalue weighted by Crippen LogP contribution is 2.30. The van der Waals surface area contributed by atoms with Crippen molar-refractivity contribution in [3.63, 3.8) is 0 Å². The molecule has 0 unspecified atom stereocenters. The molecule has 0 fully saturated rings. The van der Waals surface area contributed by atoms with E-state index in [1.165, 1.54) is 18.2 Å². The molecule has 28 heavy (non-hydrogen) atoms. The van der Waals surface area contributed by atoms with E-state index in [1.807, 2.05) is 0 Å². The van der Waals surface area contributed by atoms with Gasteiger partial charge >= 0.3 is 0 Å². The highest BCUT2D eigenvalue weighted by Gasteiger charge is 2.26. The lowest BCUT2D eigenvalue weighted by atomic mass is 9.95. The third-order valence-electron chi connectivity index (χ3n) is 4.44. The Morgan fingerprint density at radius 1 is 1.18 bits per heavy atom. The Morgan fingerprint density at radius 2 is 2.00 bits per heavy atom. The van der Waals surface area contributed by atoms with Crippen LogP contribution < -0.4 is 0 Å². The molecule has 9 nitrogen and oxygen atoms in total. The summed E-state index contributed by atoms with van der Waals surface area (Å²) in [5.74, 6) is 1.12. The van der Waals surface area contributed by atoms with Gasteiger partial charge in [0.25, 0.3) is 5.69 Å². The molecule has 0 atom stereocenters. The summed E-state index contributed by atoms with van der Waals surface area (Å²) in [6, 6.07) is 13.4. The Kier molecular flexibility index (Phi) is 3.91. The van der Waals surface area contributed by atoms with Crippen molar-refractivity contribution in [3.8, 4) is 17.8 Å². The van der Waals surface area contributed by atoms with E-state index in [4.69, 9.17) is 0 Å². The predicted octanol–water partition coefficient (Wildman–Crippen LogP) is 2.58. The summed E-state index contributed by atoms with van der Waals surface area (Å²) >= 11 is 0. The average Bonchev–Trinajstić information content (AvgIpc) is 2.98. The van der Waals surface area contributed by atoms with Gasteiger partial charge in [-0.3, -0.25) is 19.7 Å². The number of aliphatic imine (C=N–C) groups is 1. The van der Waals surface area contributed by atoms with Gasteiger partial charge in [-0.15, -0.1) is 10.2 Å². The van der Waals surface area contributed by atoms with Gasteiger partial charge in [-0.05, 0) is 19.1 Å². The number of rotatable bonds is 2. The van der Waals surface area contributed by atoms with E-state index in [0.29, 0.717) is 39.7 Å². The molecule has 9 heteroatoms. The molecule has 1 aliphatic rings. The Labute approximate surface area is 159 Å². The number of hydrogen-bond acceptors (Lipinski definition) is 7. The zero-order chi connectivity index (χ0) is 19.8. The molecule has 0 aliphatic carbocycles. The Balaban J connectivity index is 2.07. The van der Waals surface area contributed by atoms with Gasteiger partial charge in [0, 0.05) is 23.3 Å². The molecule has 0 bridgehead atoms. The molecule has 1 aromatic heterocycles. The fourth-order valence-electron chi connectivity index (χ4n) is 3.25. The lowest BCUT2D eigenvalue weighted by Crippen LogP contribution is -2.11. The second kappa shape index (κ2) is 6.41. The van der Waals surface area contributed by atoms with Crippen LogP contribution in [0.4, 0.5) is 5.69 Å². The minimum Gasteiger partial charge on any atom is -0.280 e. The van der Waals surface area contributed by atoms with Crippen molar-refractivity contribution < 1.29 is 4.92 Å². The van der Waals surface area contributed by atoms with E-state index < -0.39 is 4.92 Å². The van der Waals surface area contributed by atoms with Crippen LogP contribution in [-0.2, 0) is 6.54 Å². The average molecular weight is 369 g/mol. The van der Waals surface area contributed by atoms with Crippen molar-refractivity contribution in [1.29, 1.82) is 10.5 Å². The molecule has 3 aromatic rings. The van der Waals surface area contributed by atoms with Crippen molar-refractivity contribution in [2.24, 2.45) is 4.99 Å². The fraction of sp³-hybridized carbons (Fsp3) is 0.105. The first kappa shape index (κ1) is 17.1. The van der Waals surface area contributed by atoms with E-state index in [9.17, 15) is 20.6 Å². The summed E-state index contributed by atoms with van der Waals surface area (Å²) in [7, 11) is 0. The standard InChI is InChI=1S/C19H11N7O2/c1-11-23-24-17-10-22-18(13-3-2-4-15(7-13)26(27)28)16-6-12(8-20)5-14(9-21)19(16)25(11)17/h2-7H,10H2,1H3. The maximum atomic E-state index is 11.2. The van der Waals surface area contributed by atoms with Gasteiger partial charge < -0.3 is 0 Å². The third-order valence-corrected chi connectivity index (χ3v) is 4.44. The number of hydrogen-bond donors (Lipinski definition) is 0. The van der Waals surface area contributed by atoms with Crippen molar-refractivity contribution >= 4 is 11.4 Å². The van der Waals surface area contributed by atoms with Crippen LogP contribution in [0.5, 0.6) is 0 Å². The number of nitriles is 2. The van der Waals surface area contributed by atoms with E-state index in [1.54, 1.807) is 29.7 Å². The van der Waals surface area contributed by atoms with E-state index >= 15 is 0 Å². The number of fused-ring (bicyclic) bond motifs is 3. The Morgan fingerprint density at radius 3 is 2.71 bits per heavy atom. The summed E-state index contributed by atoms with van der Waals surface area (Å²) in [5, 5.41) is 38.5. The minimum absolute atomic E-state index is 0.0708. The maximum absolute atomic E-state index is 11.2. The van der Waals surface area contributed by atoms with Crippen LogP contribution in [0.25, 0.3) is 5.69 Å². The number of aromatic nitrogens is 3. The molecular weight excluding hydrogens is 358 g/mol. The molecule has 2 aromatic carbocycles. The zero-order valence-electron chi connectivity index (χ0n) is 14.6. The van der Waals surface area contributed by atoms with Gasteiger partial charge in [0.2, 0.25) is 0 Å². The molecule has 2 heterocycles. The highest BCUT2D eigenvalue weighted by atomic mass is 16.6. The van der Waals surface area contributed by atoms with Gasteiger partial charge in [0.15, 0.2) is 5.82 Å². The summed E-state index contributed by atoms with van der Waals surface area (Å²) in [5.41, 5.74) is 2.52. The van der Waals surface area contributed by atoms with Crippen LogP contribution >= 0.6 is 0 Å². The largest absolute Gasteiger partial charge is 0.280 e. The van der Waals surface area contributed by atoms with Crippen LogP contribution in [0.1, 0.15) is 33.9 Å². The van der Waals surface area contributed by atoms with Crippen LogP contribution in [0.3, 0.4) is 0 Å². The molecule has 1 aliphatic heterocycles. The number of benzene rings is 2. The minimum atomic E-state index is -0.479. The predicted molar refractivity (Wildman–Crippen MR) is 98.0 cm³/mol. The summed E-state index contributed by atoms with van der Waals surface area (Å²) < 4.78 is 1.74. The molecule has 0 amide bonds. The molecule has 0 saturated carbocycles. The third kappa shape index (κ3) is 2.59. The molecule has 134 valence electrons. The first-order valence-corrected chi connectivity index (χ1v) is 8.22. The zero-order valence-corrected chi connectivity index (χ0v) is 14.6. The first-order chi connectivity index (χ1) is 13.5. The van der Waals surface area contributed by atoms with Gasteiger partial charge in [-0.25, -0.2) is 0 Å². The molecule has 0 spiro atoms. The number of non-ortho nitro benzene ring substituents is 1. The number of nitrogens with zero attached hydrogens (tertiary/aromatic N) is 7. The summed E-state index contributed by atoms with van der Waals surface area (Å²) in [6.07, 6.45) is 0. The summed E-state index contributed by atoms with van der Waals surface area (Å²) in [6.45, 7) is 1.94. The monoisotopic (exact) mass is 369 g/mol. The van der Waals surface area contributed by atoms with Gasteiger partial charge in [0.1, 0.15) is 18.4 Å². The van der Waals surface area contributed by atoms with E-state index in [0.717, 1.165) is 0 Å². The van der Waals surface area contributed by atoms with Crippen LogP contribution in [-0.4, -0.2) is 25.4 Å². The van der Waals surface area contributed by atoms with Crippen molar-refractivity contribution in [3.05, 3.63) is 80.4 Å². The fourth-order valence-corrected chi connectivity index (χ4v) is 3.25. The van der Waals surface area contributed by atoms with Crippen LogP contribution in [0.2, 0.25) is 0 Å². The van der Waals surface area contributed by atoms with Crippen molar-refractivity contribution in [2.75, 3.05) is 0 Å². The van der Waals surface area contributed by atoms with Gasteiger partial charge in [-0.2, -0.15) is 10.5 Å². The summed E-state index contributed by atoms with van der Waals surface area (Å²) in [4.78, 5) is 15.3. The second-order valence-corrected chi connectivity index (χ2v) is 6.11. The van der Waals surface area contributed by atoms with Crippen molar-refractivity contribution in [1.82, 2.24) is 14.8 Å². The molecule has 0 N–H and O–H groups in total. The van der Waals surface area contributed by atoms with Crippen LogP contribution in [0, 0.1) is 39.7 Å². The topological polar surface area (TPSA) is 134 Å². The first-order valence-electron chi connectivity index (χ1n) is 8.22. The number of nitro benzene ring substituents is 1. The number of aryl methyl sites for hydroxylation is 1. The highest BCUT2D eigenvalue weighted by molar-refractivity contribution is 6.16. The quantitative estimate of drug-likeness (QED) is 0.503. The SMILES string of the molecule is Cc1nnc2n1-c1c(C#N)cc(C#N)cc1C(c1cccc([N+](=O)[O-])c1)=NC2. The molecular formula is C19H11N7O2. The van der Waals surface area contributed by atoms with Crippen LogP contribution in [0.15, 0.2) is 41.4 Å². The van der Waals surface area contributed by atoms with Crippen molar-refractivity contribution in [2.45, 2.75) is 13.5 Å². The van der Waals surface area contributed by atoms with Gasteiger partial charge in [-0.1, -0.05) is 12.1 Å². The second-order valence-electron chi connectivity index (χ2n) is 6.11. The van der Waals surface area contributed by atoms with E-state index in [2.05, 4.69) is 27.3 Å². The number of nitro groups is 1. The molecule has 0 radical (unpaired) electrons. The maximum Gasteiger partial charge on any atom is 0.270 e. The normalized spacial score (nSPS) is 12.0. The Hall–Kier alpha value is -4.37. The van der Waals surface area contributed by atoms with Gasteiger partial charge in [0.05, 0.1) is 33.5 Å². The van der Waals surface area contributed by atoms with E-state index in [-0.39, 0.29) is 17.8 Å².